The highest BCUT2D eigenvalue weighted by atomic mass is 79.9. The van der Waals surface area contributed by atoms with E-state index in [1.54, 1.807) is 0 Å². The molecule has 1 unspecified atom stereocenters. The first-order chi connectivity index (χ1) is 9.70. The quantitative estimate of drug-likeness (QED) is 0.770. The van der Waals surface area contributed by atoms with E-state index < -0.39 is 0 Å². The molecular weight excluding hydrogens is 318 g/mol. The van der Waals surface area contributed by atoms with E-state index in [1.165, 1.54) is 24.0 Å². The molecule has 0 bridgehead atoms. The SMILES string of the molecule is Cc1cc(Br)cc(CCN)c1OCCCC1CCCO1. The molecule has 0 saturated carbocycles. The smallest absolute Gasteiger partial charge is 0.125 e. The molecule has 1 aliphatic rings. The number of aryl methyl sites for hydroxylation is 1. The van der Waals surface area contributed by atoms with E-state index in [-0.39, 0.29) is 0 Å². The molecule has 2 rings (SSSR count). The van der Waals surface area contributed by atoms with Gasteiger partial charge in [-0.15, -0.1) is 0 Å². The van der Waals surface area contributed by atoms with Crippen LogP contribution in [0.1, 0.15) is 36.8 Å². The van der Waals surface area contributed by atoms with Gasteiger partial charge in [0.05, 0.1) is 12.7 Å². The zero-order chi connectivity index (χ0) is 14.4. The topological polar surface area (TPSA) is 44.5 Å². The first kappa shape index (κ1) is 15.8. The average Bonchev–Trinajstić information content (AvgIpc) is 2.90. The monoisotopic (exact) mass is 341 g/mol. The maximum Gasteiger partial charge on any atom is 0.125 e. The van der Waals surface area contributed by atoms with Crippen LogP contribution in [0.15, 0.2) is 16.6 Å². The fraction of sp³-hybridized carbons (Fsp3) is 0.625. The molecule has 1 aromatic carbocycles. The van der Waals surface area contributed by atoms with E-state index in [0.29, 0.717) is 12.6 Å². The lowest BCUT2D eigenvalue weighted by atomic mass is 10.1. The highest BCUT2D eigenvalue weighted by molar-refractivity contribution is 9.10. The average molecular weight is 342 g/mol. The van der Waals surface area contributed by atoms with Crippen LogP contribution in [0.25, 0.3) is 0 Å². The number of nitrogens with two attached hydrogens (primary N) is 1. The highest BCUT2D eigenvalue weighted by Gasteiger charge is 2.15. The Labute approximate surface area is 130 Å². The number of hydrogen-bond donors (Lipinski definition) is 1. The van der Waals surface area contributed by atoms with Crippen LogP contribution in [-0.2, 0) is 11.2 Å². The van der Waals surface area contributed by atoms with Crippen LogP contribution in [0, 0.1) is 6.92 Å². The molecule has 2 N–H and O–H groups in total. The molecular formula is C16H24BrNO2. The van der Waals surface area contributed by atoms with Gasteiger partial charge in [-0.1, -0.05) is 15.9 Å². The number of halogens is 1. The van der Waals surface area contributed by atoms with Crippen LogP contribution in [0.4, 0.5) is 0 Å². The van der Waals surface area contributed by atoms with E-state index in [1.807, 2.05) is 0 Å². The summed E-state index contributed by atoms with van der Waals surface area (Å²) in [7, 11) is 0. The van der Waals surface area contributed by atoms with Crippen LogP contribution in [0.3, 0.4) is 0 Å². The van der Waals surface area contributed by atoms with Crippen LogP contribution in [0.2, 0.25) is 0 Å². The Morgan fingerprint density at radius 1 is 1.45 bits per heavy atom. The first-order valence-electron chi connectivity index (χ1n) is 7.44. The van der Waals surface area contributed by atoms with Crippen LogP contribution in [-0.4, -0.2) is 25.9 Å². The van der Waals surface area contributed by atoms with E-state index in [4.69, 9.17) is 15.2 Å². The molecule has 1 atom stereocenters. The second-order valence-corrected chi connectivity index (χ2v) is 6.29. The second-order valence-electron chi connectivity index (χ2n) is 5.38. The summed E-state index contributed by atoms with van der Waals surface area (Å²) in [5.41, 5.74) is 8.04. The zero-order valence-corrected chi connectivity index (χ0v) is 13.7. The van der Waals surface area contributed by atoms with E-state index >= 15 is 0 Å². The Kier molecular flexibility index (Phi) is 6.33. The molecule has 1 aromatic rings. The van der Waals surface area contributed by atoms with Crippen LogP contribution in [0.5, 0.6) is 5.75 Å². The number of benzene rings is 1. The number of ether oxygens (including phenoxy) is 2. The summed E-state index contributed by atoms with van der Waals surface area (Å²) in [5, 5.41) is 0. The molecule has 112 valence electrons. The van der Waals surface area contributed by atoms with Crippen molar-refractivity contribution in [2.45, 2.75) is 45.1 Å². The van der Waals surface area contributed by atoms with Crippen molar-refractivity contribution in [3.63, 3.8) is 0 Å². The van der Waals surface area contributed by atoms with Crippen molar-refractivity contribution in [3.05, 3.63) is 27.7 Å². The summed E-state index contributed by atoms with van der Waals surface area (Å²) >= 11 is 3.53. The molecule has 0 spiro atoms. The van der Waals surface area contributed by atoms with Gasteiger partial charge in [-0.05, 0) is 68.8 Å². The minimum Gasteiger partial charge on any atom is -0.493 e. The molecule has 1 heterocycles. The molecule has 1 aliphatic heterocycles. The third-order valence-corrected chi connectivity index (χ3v) is 4.13. The minimum atomic E-state index is 0.452. The van der Waals surface area contributed by atoms with Gasteiger partial charge in [0.2, 0.25) is 0 Å². The largest absolute Gasteiger partial charge is 0.493 e. The summed E-state index contributed by atoms with van der Waals surface area (Å²) in [4.78, 5) is 0. The van der Waals surface area contributed by atoms with E-state index in [9.17, 15) is 0 Å². The Balaban J connectivity index is 1.87. The fourth-order valence-corrected chi connectivity index (χ4v) is 3.32. The molecule has 4 heteroatoms. The number of rotatable bonds is 7. The van der Waals surface area contributed by atoms with Crippen molar-refractivity contribution in [1.29, 1.82) is 0 Å². The summed E-state index contributed by atoms with van der Waals surface area (Å²) in [6.45, 7) is 4.40. The van der Waals surface area contributed by atoms with Crippen molar-refractivity contribution in [3.8, 4) is 5.75 Å². The summed E-state index contributed by atoms with van der Waals surface area (Å²) in [5.74, 6) is 1.01. The van der Waals surface area contributed by atoms with Crippen molar-refractivity contribution in [2.75, 3.05) is 19.8 Å². The summed E-state index contributed by atoms with van der Waals surface area (Å²) in [6.07, 6.45) is 5.85. The maximum absolute atomic E-state index is 6.00. The fourth-order valence-electron chi connectivity index (χ4n) is 2.70. The van der Waals surface area contributed by atoms with Gasteiger partial charge in [-0.25, -0.2) is 0 Å². The van der Waals surface area contributed by atoms with Gasteiger partial charge in [0.1, 0.15) is 5.75 Å². The Morgan fingerprint density at radius 2 is 2.30 bits per heavy atom. The lowest BCUT2D eigenvalue weighted by Gasteiger charge is -2.15. The van der Waals surface area contributed by atoms with Gasteiger partial charge in [0.25, 0.3) is 0 Å². The Bertz CT molecular complexity index is 431. The lowest BCUT2D eigenvalue weighted by molar-refractivity contribution is 0.0980. The van der Waals surface area contributed by atoms with E-state index in [0.717, 1.165) is 42.7 Å². The van der Waals surface area contributed by atoms with Gasteiger partial charge >= 0.3 is 0 Å². The highest BCUT2D eigenvalue weighted by Crippen LogP contribution is 2.28. The third kappa shape index (κ3) is 4.47. The van der Waals surface area contributed by atoms with Crippen LogP contribution >= 0.6 is 15.9 Å². The molecule has 1 fully saturated rings. The molecule has 1 saturated heterocycles. The number of hydrogen-bond acceptors (Lipinski definition) is 3. The predicted molar refractivity (Wildman–Crippen MR) is 85.3 cm³/mol. The van der Waals surface area contributed by atoms with Crippen molar-refractivity contribution in [2.24, 2.45) is 5.73 Å². The summed E-state index contributed by atoms with van der Waals surface area (Å²) < 4.78 is 12.7. The van der Waals surface area contributed by atoms with Gasteiger partial charge in [0.15, 0.2) is 0 Å². The molecule has 3 nitrogen and oxygen atoms in total. The molecule has 0 aromatic heterocycles. The Hall–Kier alpha value is -0.580. The van der Waals surface area contributed by atoms with Gasteiger partial charge < -0.3 is 15.2 Å². The van der Waals surface area contributed by atoms with E-state index in [2.05, 4.69) is 35.0 Å². The normalized spacial score (nSPS) is 18.4. The molecule has 0 amide bonds. The van der Waals surface area contributed by atoms with Crippen molar-refractivity contribution < 1.29 is 9.47 Å². The molecule has 0 radical (unpaired) electrons. The first-order valence-corrected chi connectivity index (χ1v) is 8.23. The maximum atomic E-state index is 6.00. The Morgan fingerprint density at radius 3 is 3.00 bits per heavy atom. The second kappa shape index (κ2) is 8.01. The third-order valence-electron chi connectivity index (χ3n) is 3.67. The van der Waals surface area contributed by atoms with Gasteiger partial charge in [-0.2, -0.15) is 0 Å². The predicted octanol–water partition coefficient (Wildman–Crippen LogP) is 3.60. The minimum absolute atomic E-state index is 0.452. The van der Waals surface area contributed by atoms with Crippen LogP contribution < -0.4 is 10.5 Å². The molecule has 20 heavy (non-hydrogen) atoms. The zero-order valence-electron chi connectivity index (χ0n) is 12.2. The van der Waals surface area contributed by atoms with Crippen molar-refractivity contribution in [1.82, 2.24) is 0 Å². The van der Waals surface area contributed by atoms with Gasteiger partial charge in [-0.3, -0.25) is 0 Å². The van der Waals surface area contributed by atoms with Gasteiger partial charge in [0, 0.05) is 11.1 Å². The van der Waals surface area contributed by atoms with Crippen molar-refractivity contribution >= 4 is 15.9 Å². The standard InChI is InChI=1S/C16H24BrNO2/c1-12-10-14(17)11-13(6-7-18)16(12)20-9-3-5-15-4-2-8-19-15/h10-11,15H,2-9,18H2,1H3. The lowest BCUT2D eigenvalue weighted by Crippen LogP contribution is -2.10. The molecule has 0 aliphatic carbocycles. The summed E-state index contributed by atoms with van der Waals surface area (Å²) in [6, 6.07) is 4.20.